The van der Waals surface area contributed by atoms with Gasteiger partial charge in [-0.05, 0) is 156 Å². The van der Waals surface area contributed by atoms with E-state index in [-0.39, 0.29) is 0 Å². The number of rotatable bonds is 12. The fraction of sp³-hybridized carbons (Fsp3) is 0. The summed E-state index contributed by atoms with van der Waals surface area (Å²) in [7, 11) is 0. The topological polar surface area (TPSA) is 97.1 Å². The number of nitrogens with zero attached hydrogens (tertiary/aromatic N) is 10. The summed E-state index contributed by atoms with van der Waals surface area (Å²) in [6.45, 7) is 0. The Morgan fingerprint density at radius 2 is 0.500 bits per heavy atom. The van der Waals surface area contributed by atoms with Crippen molar-refractivity contribution < 1.29 is 0 Å². The summed E-state index contributed by atoms with van der Waals surface area (Å²) in [5, 5.41) is 9.46. The lowest BCUT2D eigenvalue weighted by Crippen LogP contribution is -1.98. The maximum atomic E-state index is 5.14. The summed E-state index contributed by atoms with van der Waals surface area (Å²) in [6.07, 6.45) is 3.75. The van der Waals surface area contributed by atoms with Crippen molar-refractivity contribution in [3.63, 3.8) is 0 Å². The van der Waals surface area contributed by atoms with E-state index in [0.29, 0.717) is 11.6 Å². The highest BCUT2D eigenvalue weighted by atomic mass is 15.1. The molecule has 22 aromatic rings. The van der Waals surface area contributed by atoms with Gasteiger partial charge in [0.15, 0.2) is 11.6 Å². The average molecular weight is 1430 g/mol. The van der Waals surface area contributed by atoms with Crippen LogP contribution in [0.3, 0.4) is 0 Å². The summed E-state index contributed by atoms with van der Waals surface area (Å²) >= 11 is 0. The van der Waals surface area contributed by atoms with Crippen LogP contribution < -0.4 is 0 Å². The normalized spacial score (nSPS) is 11.6. The van der Waals surface area contributed by atoms with Crippen molar-refractivity contribution in [3.8, 4) is 113 Å². The molecule has 0 saturated carbocycles. The molecule has 22 rings (SSSR count). The predicted octanol–water partition coefficient (Wildman–Crippen LogP) is 25.5. The Kier molecular flexibility index (Phi) is 16.0. The third-order valence-electron chi connectivity index (χ3n) is 21.6. The molecule has 0 amide bonds. The van der Waals surface area contributed by atoms with E-state index >= 15 is 0 Å². The highest BCUT2D eigenvalue weighted by Gasteiger charge is 2.23. The SMILES string of the molecule is c1ccc(-c2cc(-c3cccc(-n4c5ccccc5c5c(-c6ccc7c(c6)c6cccnc6n7-c6ccccc6)cccc54)c3)nc(-c3ccccc3)n2)cc1.c1ccc(-c2cc(-c3ccccc3)nc(-c3cccc(-n4c5ccccc5c5c(-c6ccc7c(c6)c6cccnc6n7-c6ccccc6)cccc54)c3)n2)cc1. The molecule has 0 unspecified atom stereocenters. The van der Waals surface area contributed by atoms with Gasteiger partial charge in [0.2, 0.25) is 0 Å². The van der Waals surface area contributed by atoms with Crippen LogP contribution in [0.25, 0.3) is 200 Å². The minimum atomic E-state index is 0.686. The quantitative estimate of drug-likeness (QED) is 0.121. The lowest BCUT2D eigenvalue weighted by atomic mass is 9.98. The van der Waals surface area contributed by atoms with E-state index in [1.54, 1.807) is 0 Å². The Morgan fingerprint density at radius 1 is 0.179 bits per heavy atom. The van der Waals surface area contributed by atoms with Crippen LogP contribution in [-0.4, -0.2) is 48.2 Å². The van der Waals surface area contributed by atoms with Crippen molar-refractivity contribution in [1.29, 1.82) is 0 Å². The lowest BCUT2D eigenvalue weighted by molar-refractivity contribution is 1.14. The van der Waals surface area contributed by atoms with Gasteiger partial charge in [0.25, 0.3) is 0 Å². The van der Waals surface area contributed by atoms with E-state index in [1.807, 2.05) is 60.9 Å². The Balaban J connectivity index is 0.000000141. The van der Waals surface area contributed by atoms with Gasteiger partial charge in [-0.2, -0.15) is 0 Å². The van der Waals surface area contributed by atoms with E-state index in [4.69, 9.17) is 29.9 Å². The molecule has 0 aliphatic rings. The molecule has 0 N–H and O–H groups in total. The summed E-state index contributed by atoms with van der Waals surface area (Å²) < 4.78 is 9.28. The van der Waals surface area contributed by atoms with Gasteiger partial charge in [-0.3, -0.25) is 9.13 Å². The smallest absolute Gasteiger partial charge is 0.160 e. The van der Waals surface area contributed by atoms with Crippen LogP contribution in [0.2, 0.25) is 0 Å². The van der Waals surface area contributed by atoms with E-state index in [9.17, 15) is 0 Å². The number of fused-ring (bicyclic) bond motifs is 12. The van der Waals surface area contributed by atoms with Crippen LogP contribution >= 0.6 is 0 Å². The Morgan fingerprint density at radius 3 is 0.946 bits per heavy atom. The van der Waals surface area contributed by atoms with Crippen LogP contribution in [0.4, 0.5) is 0 Å². The lowest BCUT2D eigenvalue weighted by Gasteiger charge is -2.12. The molecular weight excluding hydrogens is 1370 g/mol. The molecule has 0 saturated heterocycles. The van der Waals surface area contributed by atoms with Gasteiger partial charge < -0.3 is 9.13 Å². The minimum absolute atomic E-state index is 0.686. The van der Waals surface area contributed by atoms with Crippen LogP contribution in [0, 0.1) is 0 Å². The average Bonchev–Trinajstić information content (AvgIpc) is 1.57. The number of aromatic nitrogens is 10. The van der Waals surface area contributed by atoms with E-state index in [0.717, 1.165) is 140 Å². The molecule has 0 bridgehead atoms. The van der Waals surface area contributed by atoms with Crippen LogP contribution in [0.5, 0.6) is 0 Å². The number of para-hydroxylation sites is 4. The van der Waals surface area contributed by atoms with Crippen molar-refractivity contribution in [3.05, 3.63) is 401 Å². The molecule has 10 nitrogen and oxygen atoms in total. The predicted molar refractivity (Wildman–Crippen MR) is 460 cm³/mol. The first kappa shape index (κ1) is 65.1. The molecule has 0 aliphatic carbocycles. The van der Waals surface area contributed by atoms with E-state index in [1.165, 1.54) is 49.0 Å². The first-order valence-electron chi connectivity index (χ1n) is 37.7. The van der Waals surface area contributed by atoms with Gasteiger partial charge >= 0.3 is 0 Å². The largest absolute Gasteiger partial charge is 0.309 e. The molecule has 112 heavy (non-hydrogen) atoms. The molecule has 10 heteroatoms. The highest BCUT2D eigenvalue weighted by Crippen LogP contribution is 2.45. The number of hydrogen-bond acceptors (Lipinski definition) is 6. The molecule has 0 fully saturated rings. The van der Waals surface area contributed by atoms with Crippen molar-refractivity contribution in [2.24, 2.45) is 0 Å². The summed E-state index contributed by atoms with van der Waals surface area (Å²) in [6, 6.07) is 137. The van der Waals surface area contributed by atoms with Gasteiger partial charge in [0.1, 0.15) is 11.3 Å². The molecule has 0 spiro atoms. The van der Waals surface area contributed by atoms with Crippen molar-refractivity contribution >= 4 is 87.5 Å². The van der Waals surface area contributed by atoms with Gasteiger partial charge in [0, 0.05) is 112 Å². The summed E-state index contributed by atoms with van der Waals surface area (Å²) in [5.41, 5.74) is 27.4. The van der Waals surface area contributed by atoms with Gasteiger partial charge in [-0.15, -0.1) is 0 Å². The third kappa shape index (κ3) is 11.4. The van der Waals surface area contributed by atoms with Crippen LogP contribution in [0.1, 0.15) is 0 Å². The number of hydrogen-bond donors (Lipinski definition) is 0. The minimum Gasteiger partial charge on any atom is -0.309 e. The first-order valence-corrected chi connectivity index (χ1v) is 37.7. The van der Waals surface area contributed by atoms with Gasteiger partial charge in [-0.1, -0.05) is 255 Å². The Labute approximate surface area is 645 Å². The monoisotopic (exact) mass is 1430 g/mol. The molecule has 14 aromatic carbocycles. The Hall–Kier alpha value is -15.3. The molecule has 524 valence electrons. The van der Waals surface area contributed by atoms with Gasteiger partial charge in [0.05, 0.1) is 55.9 Å². The zero-order valence-corrected chi connectivity index (χ0v) is 60.6. The molecule has 0 radical (unpaired) electrons. The van der Waals surface area contributed by atoms with Crippen molar-refractivity contribution in [2.75, 3.05) is 0 Å². The maximum Gasteiger partial charge on any atom is 0.160 e. The second-order valence-electron chi connectivity index (χ2n) is 28.1. The molecule has 8 aromatic heterocycles. The van der Waals surface area contributed by atoms with E-state index in [2.05, 4.69) is 358 Å². The standard InChI is InChI=1S/2C51H33N5/c1-4-15-34(16-5-1)44-33-45(54-50(53-44)35-17-6-2-7-18-35)37-19-12-22-39(31-37)55-46-26-11-10-23-42(46)49-40(24-13-27-48(49)55)36-28-29-47-43(32-36)41-25-14-30-52-51(41)56(47)38-20-8-3-9-21-38;1-4-15-34(16-5-1)44-33-45(35-17-6-2-7-18-35)54-50(53-44)37-19-12-22-39(31-37)55-46-26-11-10-23-42(46)49-40(24-13-27-48(49)55)36-28-29-47-43(32-36)41-25-14-30-52-51(41)56(47)38-20-8-3-9-21-38/h2*1-33H. The fourth-order valence-corrected chi connectivity index (χ4v) is 16.5. The summed E-state index contributed by atoms with van der Waals surface area (Å²) in [4.78, 5) is 30.1. The Bertz CT molecular complexity index is 6800. The molecule has 0 aliphatic heterocycles. The van der Waals surface area contributed by atoms with Crippen molar-refractivity contribution in [1.82, 2.24) is 48.2 Å². The molecular formula is C102H66N10. The molecule has 8 heterocycles. The maximum absolute atomic E-state index is 5.14. The first-order chi connectivity index (χ1) is 55.6. The zero-order valence-electron chi connectivity index (χ0n) is 60.6. The third-order valence-corrected chi connectivity index (χ3v) is 21.6. The fourth-order valence-electron chi connectivity index (χ4n) is 16.5. The van der Waals surface area contributed by atoms with E-state index < -0.39 is 0 Å². The second kappa shape index (κ2) is 27.5. The highest BCUT2D eigenvalue weighted by molar-refractivity contribution is 6.19. The van der Waals surface area contributed by atoms with Crippen molar-refractivity contribution in [2.45, 2.75) is 0 Å². The number of benzene rings is 14. The second-order valence-corrected chi connectivity index (χ2v) is 28.1. The summed E-state index contributed by atoms with van der Waals surface area (Å²) in [5.74, 6) is 1.39. The van der Waals surface area contributed by atoms with Crippen LogP contribution in [-0.2, 0) is 0 Å². The van der Waals surface area contributed by atoms with Gasteiger partial charge in [-0.25, -0.2) is 29.9 Å². The van der Waals surface area contributed by atoms with Crippen LogP contribution in [0.15, 0.2) is 401 Å². The molecule has 0 atom stereocenters. The number of pyridine rings is 2. The zero-order chi connectivity index (χ0) is 74.0.